The Labute approximate surface area is 120 Å². The van der Waals surface area contributed by atoms with Crippen LogP contribution in [0.3, 0.4) is 0 Å². The van der Waals surface area contributed by atoms with Crippen LogP contribution in [0.2, 0.25) is 0 Å². The van der Waals surface area contributed by atoms with E-state index >= 15 is 0 Å². The number of nitrogens with zero attached hydrogens (tertiary/aromatic N) is 1. The van der Waals surface area contributed by atoms with E-state index in [9.17, 15) is 4.79 Å². The number of anilines is 1. The molecule has 1 heterocycles. The van der Waals surface area contributed by atoms with Crippen LogP contribution in [0, 0.1) is 3.57 Å². The molecule has 0 unspecified atom stereocenters. The van der Waals surface area contributed by atoms with Gasteiger partial charge in [0.25, 0.3) is 0 Å². The SMILES string of the molecule is CC(C)(C)OC(=O)N1CCOc2c(I)cccc21. The van der Waals surface area contributed by atoms with Gasteiger partial charge in [0, 0.05) is 0 Å². The standard InChI is InChI=1S/C13H16INO3/c1-13(2,3)18-12(16)15-7-8-17-11-9(14)5-4-6-10(11)15/h4-6H,7-8H2,1-3H3. The highest BCUT2D eigenvalue weighted by atomic mass is 127. The highest BCUT2D eigenvalue weighted by Crippen LogP contribution is 2.36. The predicted molar refractivity (Wildman–Crippen MR) is 78.2 cm³/mol. The van der Waals surface area contributed by atoms with Crippen molar-refractivity contribution in [3.63, 3.8) is 0 Å². The monoisotopic (exact) mass is 361 g/mol. The van der Waals surface area contributed by atoms with Crippen LogP contribution < -0.4 is 9.64 Å². The van der Waals surface area contributed by atoms with Gasteiger partial charge >= 0.3 is 6.09 Å². The van der Waals surface area contributed by atoms with E-state index in [4.69, 9.17) is 9.47 Å². The van der Waals surface area contributed by atoms with E-state index in [-0.39, 0.29) is 6.09 Å². The molecule has 5 heteroatoms. The molecular formula is C13H16INO3. The maximum atomic E-state index is 12.1. The molecule has 1 aromatic rings. The van der Waals surface area contributed by atoms with E-state index < -0.39 is 5.60 Å². The first-order chi connectivity index (χ1) is 8.38. The maximum Gasteiger partial charge on any atom is 0.415 e. The first-order valence-electron chi connectivity index (χ1n) is 5.80. The lowest BCUT2D eigenvalue weighted by Crippen LogP contribution is -2.41. The van der Waals surface area contributed by atoms with Crippen LogP contribution in [0.25, 0.3) is 0 Å². The van der Waals surface area contributed by atoms with E-state index in [1.807, 2.05) is 39.0 Å². The van der Waals surface area contributed by atoms with Crippen LogP contribution in [0.1, 0.15) is 20.8 Å². The summed E-state index contributed by atoms with van der Waals surface area (Å²) in [6.07, 6.45) is -0.325. The predicted octanol–water partition coefficient (Wildman–Crippen LogP) is 3.43. The number of hydrogen-bond donors (Lipinski definition) is 0. The molecule has 0 aliphatic carbocycles. The van der Waals surface area contributed by atoms with E-state index in [0.29, 0.717) is 13.2 Å². The Morgan fingerprint density at radius 1 is 1.44 bits per heavy atom. The minimum absolute atomic E-state index is 0.325. The van der Waals surface area contributed by atoms with Crippen LogP contribution in [-0.4, -0.2) is 24.8 Å². The Bertz CT molecular complexity index is 468. The fourth-order valence-corrected chi connectivity index (χ4v) is 2.36. The Morgan fingerprint density at radius 2 is 2.17 bits per heavy atom. The molecule has 1 aliphatic rings. The highest BCUT2D eigenvalue weighted by molar-refractivity contribution is 14.1. The molecule has 1 aliphatic heterocycles. The van der Waals surface area contributed by atoms with Gasteiger partial charge < -0.3 is 9.47 Å². The van der Waals surface area contributed by atoms with Crippen LogP contribution in [0.15, 0.2) is 18.2 Å². The number of ether oxygens (including phenoxy) is 2. The second kappa shape index (κ2) is 4.95. The number of benzene rings is 1. The molecule has 0 saturated heterocycles. The maximum absolute atomic E-state index is 12.1. The van der Waals surface area contributed by atoms with Crippen molar-refractivity contribution < 1.29 is 14.3 Å². The van der Waals surface area contributed by atoms with Crippen LogP contribution in [0.4, 0.5) is 10.5 Å². The molecule has 0 fully saturated rings. The number of rotatable bonds is 0. The van der Waals surface area contributed by atoms with Gasteiger partial charge in [0.2, 0.25) is 0 Å². The molecule has 0 spiro atoms. The Hall–Kier alpha value is -0.980. The number of para-hydroxylation sites is 1. The zero-order valence-electron chi connectivity index (χ0n) is 10.7. The van der Waals surface area contributed by atoms with Crippen LogP contribution >= 0.6 is 22.6 Å². The summed E-state index contributed by atoms with van der Waals surface area (Å²) in [5.41, 5.74) is 0.291. The molecule has 0 aromatic heterocycles. The van der Waals surface area contributed by atoms with Crippen LogP contribution in [0.5, 0.6) is 5.75 Å². The fourth-order valence-electron chi connectivity index (χ4n) is 1.72. The number of halogens is 1. The topological polar surface area (TPSA) is 38.8 Å². The number of hydrogen-bond acceptors (Lipinski definition) is 3. The molecule has 18 heavy (non-hydrogen) atoms. The molecule has 0 saturated carbocycles. The summed E-state index contributed by atoms with van der Waals surface area (Å²) in [5.74, 6) is 0.759. The first-order valence-corrected chi connectivity index (χ1v) is 6.88. The van der Waals surface area contributed by atoms with Crippen molar-refractivity contribution in [3.8, 4) is 5.75 Å². The van der Waals surface area contributed by atoms with Gasteiger partial charge in [-0.1, -0.05) is 6.07 Å². The average Bonchev–Trinajstić information content (AvgIpc) is 2.26. The Morgan fingerprint density at radius 3 is 2.83 bits per heavy atom. The molecular weight excluding hydrogens is 345 g/mol. The van der Waals surface area contributed by atoms with E-state index in [0.717, 1.165) is 15.0 Å². The second-order valence-corrected chi connectivity index (χ2v) is 6.23. The fraction of sp³-hybridized carbons (Fsp3) is 0.462. The quantitative estimate of drug-likeness (QED) is 0.665. The molecule has 98 valence electrons. The van der Waals surface area contributed by atoms with Gasteiger partial charge in [0.05, 0.1) is 15.8 Å². The van der Waals surface area contributed by atoms with E-state index in [2.05, 4.69) is 22.6 Å². The highest BCUT2D eigenvalue weighted by Gasteiger charge is 2.28. The molecule has 1 amide bonds. The zero-order valence-corrected chi connectivity index (χ0v) is 12.9. The van der Waals surface area contributed by atoms with Crippen molar-refractivity contribution in [1.29, 1.82) is 0 Å². The lowest BCUT2D eigenvalue weighted by atomic mass is 10.2. The van der Waals surface area contributed by atoms with Crippen molar-refractivity contribution in [2.75, 3.05) is 18.1 Å². The molecule has 0 radical (unpaired) electrons. The summed E-state index contributed by atoms with van der Waals surface area (Å²) in [4.78, 5) is 13.8. The third-order valence-electron chi connectivity index (χ3n) is 2.41. The van der Waals surface area contributed by atoms with Gasteiger partial charge in [-0.05, 0) is 55.5 Å². The summed E-state index contributed by atoms with van der Waals surface area (Å²) in [6.45, 7) is 6.59. The lowest BCUT2D eigenvalue weighted by Gasteiger charge is -2.31. The van der Waals surface area contributed by atoms with Gasteiger partial charge in [-0.2, -0.15) is 0 Å². The number of carbonyl (C=O) groups excluding carboxylic acids is 1. The largest absolute Gasteiger partial charge is 0.488 e. The van der Waals surface area contributed by atoms with Crippen molar-refractivity contribution >= 4 is 34.4 Å². The summed E-state index contributed by atoms with van der Waals surface area (Å²) in [6, 6.07) is 5.74. The van der Waals surface area contributed by atoms with Crippen LogP contribution in [-0.2, 0) is 4.74 Å². The first kappa shape index (κ1) is 13.5. The van der Waals surface area contributed by atoms with Crippen molar-refractivity contribution in [2.24, 2.45) is 0 Å². The lowest BCUT2D eigenvalue weighted by molar-refractivity contribution is 0.0567. The zero-order chi connectivity index (χ0) is 13.3. The Kier molecular flexibility index (Phi) is 3.70. The summed E-state index contributed by atoms with van der Waals surface area (Å²) < 4.78 is 12.0. The molecule has 0 N–H and O–H groups in total. The number of amides is 1. The number of carbonyl (C=O) groups is 1. The summed E-state index contributed by atoms with van der Waals surface area (Å²) >= 11 is 2.20. The molecule has 0 atom stereocenters. The second-order valence-electron chi connectivity index (χ2n) is 5.07. The van der Waals surface area contributed by atoms with E-state index in [1.165, 1.54) is 0 Å². The van der Waals surface area contributed by atoms with Gasteiger partial charge in [-0.3, -0.25) is 4.90 Å². The van der Waals surface area contributed by atoms with Gasteiger partial charge in [-0.15, -0.1) is 0 Å². The minimum Gasteiger partial charge on any atom is -0.488 e. The molecule has 0 bridgehead atoms. The van der Waals surface area contributed by atoms with E-state index in [1.54, 1.807) is 4.90 Å². The van der Waals surface area contributed by atoms with Crippen molar-refractivity contribution in [3.05, 3.63) is 21.8 Å². The third-order valence-corrected chi connectivity index (χ3v) is 3.26. The smallest absolute Gasteiger partial charge is 0.415 e. The molecule has 2 rings (SSSR count). The summed E-state index contributed by atoms with van der Waals surface area (Å²) in [5, 5.41) is 0. The van der Waals surface area contributed by atoms with Gasteiger partial charge in [-0.25, -0.2) is 4.79 Å². The molecule has 4 nitrogen and oxygen atoms in total. The summed E-state index contributed by atoms with van der Waals surface area (Å²) in [7, 11) is 0. The minimum atomic E-state index is -0.489. The molecule has 1 aromatic carbocycles. The number of fused-ring (bicyclic) bond motifs is 1. The van der Waals surface area contributed by atoms with Gasteiger partial charge in [0.15, 0.2) is 5.75 Å². The average molecular weight is 361 g/mol. The normalized spacial score (nSPS) is 14.8. The van der Waals surface area contributed by atoms with Crippen molar-refractivity contribution in [1.82, 2.24) is 0 Å². The van der Waals surface area contributed by atoms with Gasteiger partial charge in [0.1, 0.15) is 12.2 Å². The third kappa shape index (κ3) is 2.88. The Balaban J connectivity index is 2.28. The van der Waals surface area contributed by atoms with Crippen molar-refractivity contribution in [2.45, 2.75) is 26.4 Å².